The third-order valence-corrected chi connectivity index (χ3v) is 1.02. The van der Waals surface area contributed by atoms with Gasteiger partial charge in [0.2, 0.25) is 0 Å². The van der Waals surface area contributed by atoms with Gasteiger partial charge in [-0.2, -0.15) is 9.36 Å². The van der Waals surface area contributed by atoms with Gasteiger partial charge in [0.05, 0.1) is 0 Å². The molecule has 12 heavy (non-hydrogen) atoms. The standard InChI is InChI=1S/C5H6N4O3/c1-8-5(12)9(7-6-8)3-2-4(10)11/h2-3H,1H3,(H,10,11)/b3-2+/i1D. The highest BCUT2D eigenvalue weighted by Crippen LogP contribution is 1.75. The van der Waals surface area contributed by atoms with Gasteiger partial charge in [0.25, 0.3) is 0 Å². The molecule has 1 heterocycles. The van der Waals surface area contributed by atoms with Crippen LogP contribution in [0.25, 0.3) is 6.20 Å². The van der Waals surface area contributed by atoms with Gasteiger partial charge in [0, 0.05) is 20.7 Å². The van der Waals surface area contributed by atoms with Crippen molar-refractivity contribution in [2.45, 2.75) is 0 Å². The van der Waals surface area contributed by atoms with E-state index in [9.17, 15) is 9.59 Å². The zero-order chi connectivity index (χ0) is 9.84. The van der Waals surface area contributed by atoms with Crippen LogP contribution < -0.4 is 5.69 Å². The summed E-state index contributed by atoms with van der Waals surface area (Å²) in [5.74, 6) is -1.19. The van der Waals surface area contributed by atoms with Gasteiger partial charge in [-0.3, -0.25) is 0 Å². The number of tetrazole rings is 1. The highest BCUT2D eigenvalue weighted by Gasteiger charge is 1.98. The molecule has 0 spiro atoms. The van der Waals surface area contributed by atoms with Gasteiger partial charge in [0.15, 0.2) is 0 Å². The van der Waals surface area contributed by atoms with E-state index >= 15 is 0 Å². The molecule has 1 aromatic heterocycles. The Morgan fingerprint density at radius 2 is 2.50 bits per heavy atom. The van der Waals surface area contributed by atoms with E-state index in [0.29, 0.717) is 0 Å². The van der Waals surface area contributed by atoms with E-state index in [2.05, 4.69) is 10.4 Å². The Balaban J connectivity index is 2.97. The monoisotopic (exact) mass is 171 g/mol. The molecule has 1 rings (SSSR count). The van der Waals surface area contributed by atoms with Gasteiger partial charge in [-0.25, -0.2) is 9.59 Å². The zero-order valence-corrected chi connectivity index (χ0v) is 5.91. The lowest BCUT2D eigenvalue weighted by atomic mass is 10.6. The van der Waals surface area contributed by atoms with E-state index in [-0.39, 0.29) is 7.02 Å². The largest absolute Gasteiger partial charge is 0.478 e. The Labute approximate surface area is 67.9 Å². The molecule has 0 aromatic carbocycles. The summed E-state index contributed by atoms with van der Waals surface area (Å²) in [6.07, 6.45) is 1.72. The van der Waals surface area contributed by atoms with Gasteiger partial charge in [-0.05, 0) is 10.4 Å². The van der Waals surface area contributed by atoms with Crippen LogP contribution in [0.2, 0.25) is 0 Å². The van der Waals surface area contributed by atoms with Gasteiger partial charge < -0.3 is 5.11 Å². The van der Waals surface area contributed by atoms with Crippen LogP contribution >= 0.6 is 0 Å². The summed E-state index contributed by atoms with van der Waals surface area (Å²) in [6.45, 7) is 0. The normalized spacial score (nSPS) is 11.8. The number of hydrogen-bond acceptors (Lipinski definition) is 4. The summed E-state index contributed by atoms with van der Waals surface area (Å²) in [5, 5.41) is 14.8. The van der Waals surface area contributed by atoms with Gasteiger partial charge in [0.1, 0.15) is 0 Å². The number of rotatable bonds is 2. The Hall–Kier alpha value is -1.92. The molecule has 7 nitrogen and oxygen atoms in total. The van der Waals surface area contributed by atoms with E-state index in [1.54, 1.807) is 0 Å². The smallest absolute Gasteiger partial charge is 0.367 e. The summed E-state index contributed by atoms with van der Waals surface area (Å²) in [5.41, 5.74) is -0.646. The molecule has 0 aliphatic rings. The van der Waals surface area contributed by atoms with Gasteiger partial charge in [-0.15, -0.1) is 0 Å². The van der Waals surface area contributed by atoms with Crippen LogP contribution in [-0.4, -0.2) is 30.9 Å². The summed E-state index contributed by atoms with van der Waals surface area (Å²) in [6, 6.07) is 0. The Morgan fingerprint density at radius 1 is 1.75 bits per heavy atom. The van der Waals surface area contributed by atoms with Gasteiger partial charge in [-0.1, -0.05) is 0 Å². The lowest BCUT2D eigenvalue weighted by Gasteiger charge is -1.82. The van der Waals surface area contributed by atoms with Crippen molar-refractivity contribution in [1.29, 1.82) is 0 Å². The fourth-order valence-electron chi connectivity index (χ4n) is 0.514. The molecule has 0 atom stereocenters. The lowest BCUT2D eigenvalue weighted by Crippen LogP contribution is -2.19. The van der Waals surface area contributed by atoms with E-state index < -0.39 is 11.7 Å². The topological polar surface area (TPSA) is 90.0 Å². The molecule has 64 valence electrons. The first-order valence-electron chi connectivity index (χ1n) is 3.58. The minimum atomic E-state index is -1.19. The molecule has 0 amide bonds. The summed E-state index contributed by atoms with van der Waals surface area (Å²) in [4.78, 5) is 21.1. The average molecular weight is 171 g/mol. The number of carboxylic acids is 1. The van der Waals surface area contributed by atoms with Crippen molar-refractivity contribution in [3.05, 3.63) is 16.6 Å². The van der Waals surface area contributed by atoms with E-state index in [4.69, 9.17) is 6.48 Å². The predicted octanol–water partition coefficient (Wildman–Crippen LogP) is -1.47. The molecule has 1 aromatic rings. The first-order valence-corrected chi connectivity index (χ1v) is 2.88. The van der Waals surface area contributed by atoms with E-state index in [1.807, 2.05) is 0 Å². The Bertz CT molecular complexity index is 393. The quantitative estimate of drug-likeness (QED) is 0.549. The minimum absolute atomic E-state index is 0.347. The number of aliphatic carboxylic acids is 1. The maximum Gasteiger partial charge on any atom is 0.367 e. The number of aryl methyl sites for hydroxylation is 1. The highest BCUT2D eigenvalue weighted by atomic mass is 16.4. The van der Waals surface area contributed by atoms with Crippen molar-refractivity contribution in [2.75, 3.05) is 0 Å². The molecule has 1 N–H and O–H groups in total. The first-order chi connectivity index (χ1) is 6.15. The third kappa shape index (κ3) is 1.57. The predicted molar refractivity (Wildman–Crippen MR) is 38.2 cm³/mol. The molecular weight excluding hydrogens is 164 g/mol. The van der Waals surface area contributed by atoms with Gasteiger partial charge >= 0.3 is 11.7 Å². The molecule has 0 aliphatic heterocycles. The fourth-order valence-corrected chi connectivity index (χ4v) is 0.514. The van der Waals surface area contributed by atoms with Crippen molar-refractivity contribution in [2.24, 2.45) is 7.02 Å². The first kappa shape index (κ1) is 6.77. The van der Waals surface area contributed by atoms with Crippen molar-refractivity contribution < 1.29 is 11.3 Å². The Morgan fingerprint density at radius 3 is 3.00 bits per heavy atom. The van der Waals surface area contributed by atoms with Crippen molar-refractivity contribution >= 4 is 12.2 Å². The molecule has 0 saturated carbocycles. The maximum atomic E-state index is 11.0. The minimum Gasteiger partial charge on any atom is -0.478 e. The van der Waals surface area contributed by atoms with Crippen molar-refractivity contribution in [3.63, 3.8) is 0 Å². The van der Waals surface area contributed by atoms with Crippen molar-refractivity contribution in [3.8, 4) is 0 Å². The van der Waals surface area contributed by atoms with Crippen LogP contribution in [0.4, 0.5) is 0 Å². The summed E-state index contributed by atoms with van der Waals surface area (Å²) in [7, 11) is -0.347. The third-order valence-electron chi connectivity index (χ3n) is 1.02. The number of carbonyl (C=O) groups is 1. The fraction of sp³-hybridized carbons (Fsp3) is 0.200. The molecule has 0 aliphatic carbocycles. The molecule has 0 bridgehead atoms. The summed E-state index contributed by atoms with van der Waals surface area (Å²) < 4.78 is 8.34. The van der Waals surface area contributed by atoms with Crippen LogP contribution in [0.3, 0.4) is 0 Å². The maximum absolute atomic E-state index is 11.0. The summed E-state index contributed by atoms with van der Waals surface area (Å²) >= 11 is 0. The van der Waals surface area contributed by atoms with Crippen LogP contribution in [0.5, 0.6) is 0 Å². The molecular formula is C5H6N4O3. The second kappa shape index (κ2) is 2.99. The number of aromatic nitrogens is 4. The number of nitrogens with zero attached hydrogens (tertiary/aromatic N) is 4. The molecule has 7 heteroatoms. The highest BCUT2D eigenvalue weighted by molar-refractivity contribution is 5.82. The van der Waals surface area contributed by atoms with Crippen molar-refractivity contribution in [1.82, 2.24) is 19.8 Å². The van der Waals surface area contributed by atoms with Crippen LogP contribution in [0, 0.1) is 0 Å². The van der Waals surface area contributed by atoms with E-state index in [1.165, 1.54) is 0 Å². The van der Waals surface area contributed by atoms with Crippen LogP contribution in [0.15, 0.2) is 10.9 Å². The van der Waals surface area contributed by atoms with Crippen LogP contribution in [0.1, 0.15) is 1.37 Å². The number of carboxylic acid groups (broad SMARTS) is 1. The SMILES string of the molecule is [2H]Cn1nnn(/C=C/C(=O)O)c1=O. The molecule has 0 radical (unpaired) electrons. The second-order valence-electron chi connectivity index (χ2n) is 1.86. The molecule has 0 saturated heterocycles. The van der Waals surface area contributed by atoms with Crippen LogP contribution in [-0.2, 0) is 11.8 Å². The molecule has 0 unspecified atom stereocenters. The van der Waals surface area contributed by atoms with E-state index in [0.717, 1.165) is 21.6 Å². The second-order valence-corrected chi connectivity index (χ2v) is 1.86. The average Bonchev–Trinajstić information content (AvgIpc) is 2.43. The number of hydrogen-bond donors (Lipinski definition) is 1. The lowest BCUT2D eigenvalue weighted by molar-refractivity contribution is -0.131. The molecule has 0 fully saturated rings. The Kier molecular flexibility index (Phi) is 1.69. The zero-order valence-electron chi connectivity index (χ0n) is 6.91.